The van der Waals surface area contributed by atoms with E-state index in [2.05, 4.69) is 4.72 Å². The lowest BCUT2D eigenvalue weighted by Gasteiger charge is -2.23. The van der Waals surface area contributed by atoms with Gasteiger partial charge in [-0.15, -0.1) is 0 Å². The Bertz CT molecular complexity index is 700. The number of hydrogen-bond donors (Lipinski definition) is 1. The molecule has 0 saturated carbocycles. The number of benzene rings is 2. The molecule has 2 rings (SSSR count). The Balaban J connectivity index is 2.38. The van der Waals surface area contributed by atoms with Crippen molar-refractivity contribution in [2.75, 3.05) is 30.8 Å². The van der Waals surface area contributed by atoms with Gasteiger partial charge in [0.05, 0.1) is 11.4 Å². The van der Waals surface area contributed by atoms with Crippen molar-refractivity contribution in [1.82, 2.24) is 4.31 Å². The fourth-order valence-electron chi connectivity index (χ4n) is 1.87. The second kappa shape index (κ2) is 6.15. The van der Waals surface area contributed by atoms with Crippen LogP contribution in [0.2, 0.25) is 0 Å². The Hall–Kier alpha value is -2.05. The summed E-state index contributed by atoms with van der Waals surface area (Å²) >= 11 is 0. The number of para-hydroxylation sites is 3. The van der Waals surface area contributed by atoms with Crippen LogP contribution < -0.4 is 9.62 Å². The molecule has 0 aromatic heterocycles. The van der Waals surface area contributed by atoms with E-state index in [-0.39, 0.29) is 0 Å². The fraction of sp³-hybridized carbons (Fsp3) is 0.200. The van der Waals surface area contributed by atoms with Crippen LogP contribution in [0.5, 0.6) is 0 Å². The predicted molar refractivity (Wildman–Crippen MR) is 87.2 cm³/mol. The molecular formula is C15H19N3O2S. The Labute approximate surface area is 126 Å². The van der Waals surface area contributed by atoms with Gasteiger partial charge in [-0.05, 0) is 24.3 Å². The van der Waals surface area contributed by atoms with Gasteiger partial charge in [-0.2, -0.15) is 12.7 Å². The van der Waals surface area contributed by atoms with Crippen LogP contribution in [0.15, 0.2) is 54.6 Å². The molecule has 0 aliphatic rings. The summed E-state index contributed by atoms with van der Waals surface area (Å²) in [7, 11) is 1.35. The van der Waals surface area contributed by atoms with Crippen molar-refractivity contribution >= 4 is 27.3 Å². The van der Waals surface area contributed by atoms with Crippen LogP contribution in [0.3, 0.4) is 0 Å². The highest BCUT2D eigenvalue weighted by Crippen LogP contribution is 2.31. The molecular weight excluding hydrogens is 286 g/mol. The largest absolute Gasteiger partial charge is 0.343 e. The first-order valence-electron chi connectivity index (χ1n) is 6.50. The van der Waals surface area contributed by atoms with E-state index >= 15 is 0 Å². The third-order valence-electron chi connectivity index (χ3n) is 3.13. The molecule has 0 saturated heterocycles. The molecule has 0 unspecified atom stereocenters. The molecule has 2 aromatic carbocycles. The molecule has 6 heteroatoms. The maximum atomic E-state index is 12.0. The Morgan fingerprint density at radius 1 is 0.857 bits per heavy atom. The van der Waals surface area contributed by atoms with E-state index in [4.69, 9.17) is 0 Å². The van der Waals surface area contributed by atoms with E-state index in [1.54, 1.807) is 12.1 Å². The summed E-state index contributed by atoms with van der Waals surface area (Å²) in [5.74, 6) is 0. The van der Waals surface area contributed by atoms with E-state index in [1.807, 2.05) is 54.4 Å². The van der Waals surface area contributed by atoms with Crippen molar-refractivity contribution in [2.45, 2.75) is 0 Å². The Kier molecular flexibility index (Phi) is 4.50. The smallest absolute Gasteiger partial charge is 0.301 e. The number of hydrogen-bond acceptors (Lipinski definition) is 3. The number of rotatable bonds is 5. The Morgan fingerprint density at radius 3 is 2.05 bits per heavy atom. The molecule has 112 valence electrons. The summed E-state index contributed by atoms with van der Waals surface area (Å²) in [6.45, 7) is 0. The summed E-state index contributed by atoms with van der Waals surface area (Å²) in [4.78, 5) is 1.94. The van der Waals surface area contributed by atoms with Crippen LogP contribution in [0.25, 0.3) is 0 Å². The molecule has 0 bridgehead atoms. The summed E-state index contributed by atoms with van der Waals surface area (Å²) in [6.07, 6.45) is 0. The summed E-state index contributed by atoms with van der Waals surface area (Å²) in [5.41, 5.74) is 2.31. The minimum atomic E-state index is -3.53. The molecule has 5 nitrogen and oxygen atoms in total. The lowest BCUT2D eigenvalue weighted by Crippen LogP contribution is -2.29. The number of anilines is 3. The van der Waals surface area contributed by atoms with Gasteiger partial charge in [0.25, 0.3) is 0 Å². The van der Waals surface area contributed by atoms with Crippen molar-refractivity contribution in [2.24, 2.45) is 0 Å². The Morgan fingerprint density at radius 2 is 1.43 bits per heavy atom. The van der Waals surface area contributed by atoms with E-state index in [0.717, 1.165) is 15.7 Å². The zero-order chi connectivity index (χ0) is 15.5. The second-order valence-electron chi connectivity index (χ2n) is 4.80. The first kappa shape index (κ1) is 15.3. The van der Waals surface area contributed by atoms with E-state index in [0.29, 0.717) is 5.69 Å². The van der Waals surface area contributed by atoms with Crippen LogP contribution in [0.4, 0.5) is 17.1 Å². The van der Waals surface area contributed by atoms with Crippen LogP contribution >= 0.6 is 0 Å². The van der Waals surface area contributed by atoms with E-state index in [1.165, 1.54) is 14.1 Å². The normalized spacial score (nSPS) is 11.4. The summed E-state index contributed by atoms with van der Waals surface area (Å²) in [6, 6.07) is 17.1. The lowest BCUT2D eigenvalue weighted by atomic mass is 10.2. The van der Waals surface area contributed by atoms with Crippen LogP contribution in [-0.2, 0) is 10.2 Å². The van der Waals surface area contributed by atoms with Crippen LogP contribution in [0, 0.1) is 0 Å². The average molecular weight is 305 g/mol. The lowest BCUT2D eigenvalue weighted by molar-refractivity contribution is 0.527. The predicted octanol–water partition coefficient (Wildman–Crippen LogP) is 2.67. The molecule has 1 N–H and O–H groups in total. The molecule has 0 aliphatic heterocycles. The van der Waals surface area contributed by atoms with Crippen LogP contribution in [-0.4, -0.2) is 33.9 Å². The summed E-state index contributed by atoms with van der Waals surface area (Å²) < 4.78 is 27.8. The molecule has 2 aromatic rings. The highest BCUT2D eigenvalue weighted by molar-refractivity contribution is 7.90. The molecule has 0 atom stereocenters. The van der Waals surface area contributed by atoms with Gasteiger partial charge in [0, 0.05) is 26.8 Å². The van der Waals surface area contributed by atoms with E-state index < -0.39 is 10.2 Å². The number of nitrogens with one attached hydrogen (secondary N) is 1. The van der Waals surface area contributed by atoms with Crippen LogP contribution in [0.1, 0.15) is 0 Å². The minimum absolute atomic E-state index is 0.539. The van der Waals surface area contributed by atoms with Gasteiger partial charge in [0.1, 0.15) is 0 Å². The van der Waals surface area contributed by atoms with Crippen molar-refractivity contribution in [1.29, 1.82) is 0 Å². The molecule has 0 radical (unpaired) electrons. The van der Waals surface area contributed by atoms with E-state index in [9.17, 15) is 8.42 Å². The highest BCUT2D eigenvalue weighted by Gasteiger charge is 2.16. The molecule has 0 amide bonds. The molecule has 0 fully saturated rings. The van der Waals surface area contributed by atoms with Gasteiger partial charge in [-0.25, -0.2) is 0 Å². The van der Waals surface area contributed by atoms with Gasteiger partial charge in [0.2, 0.25) is 0 Å². The molecule has 0 spiro atoms. The second-order valence-corrected chi connectivity index (χ2v) is 6.69. The van der Waals surface area contributed by atoms with Gasteiger partial charge in [-0.1, -0.05) is 30.3 Å². The average Bonchev–Trinajstić information content (AvgIpc) is 2.47. The first-order valence-corrected chi connectivity index (χ1v) is 7.94. The fourth-order valence-corrected chi connectivity index (χ4v) is 2.51. The molecule has 0 aliphatic carbocycles. The maximum absolute atomic E-state index is 12.0. The van der Waals surface area contributed by atoms with Gasteiger partial charge in [-0.3, -0.25) is 4.72 Å². The minimum Gasteiger partial charge on any atom is -0.343 e. The zero-order valence-corrected chi connectivity index (χ0v) is 13.1. The van der Waals surface area contributed by atoms with Gasteiger partial charge < -0.3 is 4.90 Å². The standard InChI is InChI=1S/C15H19N3O2S/c1-17(2)21(19,20)16-14-11-7-8-12-15(14)18(3)13-9-5-4-6-10-13/h4-12,16H,1-3H3. The highest BCUT2D eigenvalue weighted by atomic mass is 32.2. The van der Waals surface area contributed by atoms with Crippen molar-refractivity contribution < 1.29 is 8.42 Å². The molecule has 21 heavy (non-hydrogen) atoms. The van der Waals surface area contributed by atoms with Gasteiger partial charge in [0.15, 0.2) is 0 Å². The third kappa shape index (κ3) is 3.53. The topological polar surface area (TPSA) is 52.7 Å². The first-order chi connectivity index (χ1) is 9.92. The SMILES string of the molecule is CN(c1ccccc1)c1ccccc1NS(=O)(=O)N(C)C. The maximum Gasteiger partial charge on any atom is 0.301 e. The molecule has 0 heterocycles. The van der Waals surface area contributed by atoms with Crippen molar-refractivity contribution in [3.63, 3.8) is 0 Å². The van der Waals surface area contributed by atoms with Crippen molar-refractivity contribution in [3.8, 4) is 0 Å². The van der Waals surface area contributed by atoms with Crippen molar-refractivity contribution in [3.05, 3.63) is 54.6 Å². The third-order valence-corrected chi connectivity index (χ3v) is 4.57. The van der Waals surface area contributed by atoms with Gasteiger partial charge >= 0.3 is 10.2 Å². The monoisotopic (exact) mass is 305 g/mol. The zero-order valence-electron chi connectivity index (χ0n) is 12.3. The summed E-state index contributed by atoms with van der Waals surface area (Å²) in [5, 5.41) is 0. The number of nitrogens with zero attached hydrogens (tertiary/aromatic N) is 2. The quantitative estimate of drug-likeness (QED) is 0.924.